The summed E-state index contributed by atoms with van der Waals surface area (Å²) in [6, 6.07) is 7.85. The summed E-state index contributed by atoms with van der Waals surface area (Å²) < 4.78 is 0. The number of benzene rings is 1. The molecule has 4 N–H and O–H groups in total. The molecule has 1 unspecified atom stereocenters. The fraction of sp³-hybridized carbons (Fsp3) is 0.438. The normalized spacial score (nSPS) is 12.8. The number of H-pyrrole nitrogens is 1. The molecular weight excluding hydrogens is 250 g/mol. The zero-order chi connectivity index (χ0) is 14.5. The molecule has 0 saturated carbocycles. The van der Waals surface area contributed by atoms with Gasteiger partial charge in [0.05, 0.1) is 0 Å². The average molecular weight is 273 g/mol. The standard InChI is InChI=1S/C16H23N3O/c1-11(2)7-12(10-17)8-16(20)19-14-3-4-15-13(9-14)5-6-18-15/h3-6,9,11-12,18H,7-8,10,17H2,1-2H3,(H,19,20). The van der Waals surface area contributed by atoms with Crippen molar-refractivity contribution in [1.82, 2.24) is 4.98 Å². The number of hydrogen-bond donors (Lipinski definition) is 3. The Bertz CT molecular complexity index is 574. The molecule has 20 heavy (non-hydrogen) atoms. The Kier molecular flexibility index (Phi) is 4.79. The van der Waals surface area contributed by atoms with Crippen molar-refractivity contribution in [3.63, 3.8) is 0 Å². The molecule has 1 aromatic carbocycles. The molecule has 4 nitrogen and oxygen atoms in total. The highest BCUT2D eigenvalue weighted by atomic mass is 16.1. The molecule has 2 aromatic rings. The topological polar surface area (TPSA) is 70.9 Å². The van der Waals surface area contributed by atoms with Crippen molar-refractivity contribution in [2.45, 2.75) is 26.7 Å². The molecule has 1 heterocycles. The van der Waals surface area contributed by atoms with Gasteiger partial charge in [-0.15, -0.1) is 0 Å². The van der Waals surface area contributed by atoms with E-state index >= 15 is 0 Å². The van der Waals surface area contributed by atoms with Crippen molar-refractivity contribution < 1.29 is 4.79 Å². The van der Waals surface area contributed by atoms with Crippen molar-refractivity contribution in [1.29, 1.82) is 0 Å². The van der Waals surface area contributed by atoms with Crippen LogP contribution in [0, 0.1) is 11.8 Å². The quantitative estimate of drug-likeness (QED) is 0.756. The largest absolute Gasteiger partial charge is 0.361 e. The lowest BCUT2D eigenvalue weighted by molar-refractivity contribution is -0.117. The summed E-state index contributed by atoms with van der Waals surface area (Å²) in [5.74, 6) is 0.856. The molecule has 0 aliphatic rings. The van der Waals surface area contributed by atoms with Gasteiger partial charge in [-0.1, -0.05) is 13.8 Å². The number of anilines is 1. The van der Waals surface area contributed by atoms with E-state index < -0.39 is 0 Å². The minimum Gasteiger partial charge on any atom is -0.361 e. The highest BCUT2D eigenvalue weighted by Gasteiger charge is 2.14. The lowest BCUT2D eigenvalue weighted by Crippen LogP contribution is -2.23. The van der Waals surface area contributed by atoms with Crippen LogP contribution in [-0.2, 0) is 4.79 Å². The Morgan fingerprint density at radius 1 is 1.35 bits per heavy atom. The number of amides is 1. The maximum absolute atomic E-state index is 12.1. The second kappa shape index (κ2) is 6.57. The van der Waals surface area contributed by atoms with Gasteiger partial charge in [0.1, 0.15) is 0 Å². The Balaban J connectivity index is 1.96. The molecule has 108 valence electrons. The highest BCUT2D eigenvalue weighted by molar-refractivity contribution is 5.93. The molecular formula is C16H23N3O. The number of nitrogens with one attached hydrogen (secondary N) is 2. The lowest BCUT2D eigenvalue weighted by Gasteiger charge is -2.16. The maximum Gasteiger partial charge on any atom is 0.224 e. The summed E-state index contributed by atoms with van der Waals surface area (Å²) in [4.78, 5) is 15.2. The summed E-state index contributed by atoms with van der Waals surface area (Å²) in [7, 11) is 0. The monoisotopic (exact) mass is 273 g/mol. The second-order valence-corrected chi connectivity index (χ2v) is 5.76. The molecule has 4 heteroatoms. The first-order valence-electron chi connectivity index (χ1n) is 7.15. The summed E-state index contributed by atoms with van der Waals surface area (Å²) in [6.45, 7) is 4.86. The van der Waals surface area contributed by atoms with Crippen LogP contribution in [0.15, 0.2) is 30.5 Å². The number of nitrogens with two attached hydrogens (primary N) is 1. The van der Waals surface area contributed by atoms with E-state index in [9.17, 15) is 4.79 Å². The molecule has 1 atom stereocenters. The van der Waals surface area contributed by atoms with E-state index in [1.807, 2.05) is 30.5 Å². The van der Waals surface area contributed by atoms with Gasteiger partial charge in [-0.05, 0) is 49.1 Å². The maximum atomic E-state index is 12.1. The molecule has 1 amide bonds. The molecule has 0 radical (unpaired) electrons. The second-order valence-electron chi connectivity index (χ2n) is 5.76. The van der Waals surface area contributed by atoms with E-state index in [4.69, 9.17) is 5.73 Å². The summed E-state index contributed by atoms with van der Waals surface area (Å²) in [6.07, 6.45) is 3.37. The number of aromatic nitrogens is 1. The third kappa shape index (κ3) is 3.84. The van der Waals surface area contributed by atoms with Crippen LogP contribution in [0.3, 0.4) is 0 Å². The smallest absolute Gasteiger partial charge is 0.224 e. The minimum atomic E-state index is 0.0379. The Morgan fingerprint density at radius 3 is 2.85 bits per heavy atom. The van der Waals surface area contributed by atoms with Crippen molar-refractivity contribution in [2.75, 3.05) is 11.9 Å². The predicted octanol–water partition coefficient (Wildman–Crippen LogP) is 3.12. The van der Waals surface area contributed by atoms with Crippen LogP contribution in [0.2, 0.25) is 0 Å². The zero-order valence-electron chi connectivity index (χ0n) is 12.1. The highest BCUT2D eigenvalue weighted by Crippen LogP contribution is 2.19. The lowest BCUT2D eigenvalue weighted by atomic mass is 9.94. The first-order valence-corrected chi connectivity index (χ1v) is 7.15. The molecule has 0 spiro atoms. The molecule has 0 aliphatic heterocycles. The predicted molar refractivity (Wildman–Crippen MR) is 83.5 cm³/mol. The van der Waals surface area contributed by atoms with Gasteiger partial charge >= 0.3 is 0 Å². The van der Waals surface area contributed by atoms with Crippen molar-refractivity contribution in [3.05, 3.63) is 30.5 Å². The van der Waals surface area contributed by atoms with Gasteiger partial charge in [0.15, 0.2) is 0 Å². The number of hydrogen-bond acceptors (Lipinski definition) is 2. The van der Waals surface area contributed by atoms with Crippen LogP contribution in [0.4, 0.5) is 5.69 Å². The third-order valence-electron chi connectivity index (χ3n) is 3.45. The van der Waals surface area contributed by atoms with E-state index in [1.165, 1.54) is 0 Å². The van der Waals surface area contributed by atoms with E-state index in [0.29, 0.717) is 18.9 Å². The van der Waals surface area contributed by atoms with Crippen LogP contribution < -0.4 is 11.1 Å². The van der Waals surface area contributed by atoms with E-state index in [2.05, 4.69) is 24.1 Å². The van der Waals surface area contributed by atoms with Gasteiger partial charge < -0.3 is 16.0 Å². The van der Waals surface area contributed by atoms with Crippen LogP contribution in [0.1, 0.15) is 26.7 Å². The SMILES string of the molecule is CC(C)CC(CN)CC(=O)Nc1ccc2[nH]ccc2c1. The van der Waals surface area contributed by atoms with Gasteiger partial charge in [-0.3, -0.25) is 4.79 Å². The van der Waals surface area contributed by atoms with E-state index in [0.717, 1.165) is 23.0 Å². The summed E-state index contributed by atoms with van der Waals surface area (Å²) >= 11 is 0. The molecule has 0 fully saturated rings. The third-order valence-corrected chi connectivity index (χ3v) is 3.45. The van der Waals surface area contributed by atoms with Gasteiger partial charge in [0.2, 0.25) is 5.91 Å². The first-order chi connectivity index (χ1) is 9.58. The van der Waals surface area contributed by atoms with Crippen molar-refractivity contribution in [3.8, 4) is 0 Å². The fourth-order valence-corrected chi connectivity index (χ4v) is 2.53. The summed E-state index contributed by atoms with van der Waals surface area (Å²) in [5, 5.41) is 4.05. The summed E-state index contributed by atoms with van der Waals surface area (Å²) in [5.41, 5.74) is 7.65. The van der Waals surface area contributed by atoms with Gasteiger partial charge in [0.25, 0.3) is 0 Å². The average Bonchev–Trinajstić information content (AvgIpc) is 2.84. The Labute approximate surface area is 119 Å². The zero-order valence-corrected chi connectivity index (χ0v) is 12.1. The van der Waals surface area contributed by atoms with Gasteiger partial charge in [-0.2, -0.15) is 0 Å². The minimum absolute atomic E-state index is 0.0379. The first kappa shape index (κ1) is 14.6. The van der Waals surface area contributed by atoms with E-state index in [-0.39, 0.29) is 11.8 Å². The molecule has 0 saturated heterocycles. The number of rotatable bonds is 6. The van der Waals surface area contributed by atoms with Crippen molar-refractivity contribution in [2.24, 2.45) is 17.6 Å². The van der Waals surface area contributed by atoms with Gasteiger partial charge in [0, 0.05) is 29.2 Å². The number of fused-ring (bicyclic) bond motifs is 1. The van der Waals surface area contributed by atoms with Crippen LogP contribution in [0.25, 0.3) is 10.9 Å². The molecule has 1 aromatic heterocycles. The van der Waals surface area contributed by atoms with Gasteiger partial charge in [-0.25, -0.2) is 0 Å². The Hall–Kier alpha value is -1.81. The molecule has 0 bridgehead atoms. The number of carbonyl (C=O) groups is 1. The number of carbonyl (C=O) groups excluding carboxylic acids is 1. The van der Waals surface area contributed by atoms with E-state index in [1.54, 1.807) is 0 Å². The van der Waals surface area contributed by atoms with Crippen LogP contribution >= 0.6 is 0 Å². The van der Waals surface area contributed by atoms with Crippen molar-refractivity contribution >= 4 is 22.5 Å². The molecule has 2 rings (SSSR count). The Morgan fingerprint density at radius 2 is 2.15 bits per heavy atom. The number of aromatic amines is 1. The fourth-order valence-electron chi connectivity index (χ4n) is 2.53. The molecule has 0 aliphatic carbocycles. The van der Waals surface area contributed by atoms with Crippen LogP contribution in [0.5, 0.6) is 0 Å². The van der Waals surface area contributed by atoms with Crippen LogP contribution in [-0.4, -0.2) is 17.4 Å².